The highest BCUT2D eigenvalue weighted by molar-refractivity contribution is 6.35. The first-order chi connectivity index (χ1) is 17.1. The Hall–Kier alpha value is -2.35. The van der Waals surface area contributed by atoms with Crippen LogP contribution in [0.2, 0.25) is 15.1 Å². The van der Waals surface area contributed by atoms with Gasteiger partial charge in [-0.2, -0.15) is 0 Å². The van der Waals surface area contributed by atoms with Crippen molar-refractivity contribution in [2.24, 2.45) is 11.7 Å². The molecule has 3 amide bonds. The first-order valence-electron chi connectivity index (χ1n) is 12.2. The lowest BCUT2D eigenvalue weighted by atomic mass is 9.95. The number of benzene rings is 2. The van der Waals surface area contributed by atoms with Crippen LogP contribution in [-0.4, -0.2) is 61.0 Å². The number of urea groups is 1. The van der Waals surface area contributed by atoms with Gasteiger partial charge in [-0.3, -0.25) is 4.79 Å². The number of anilines is 2. The van der Waals surface area contributed by atoms with Gasteiger partial charge in [0.15, 0.2) is 0 Å². The zero-order valence-corrected chi connectivity index (χ0v) is 22.8. The van der Waals surface area contributed by atoms with Crippen LogP contribution in [0.3, 0.4) is 0 Å². The molecule has 10 heteroatoms. The molecule has 2 aromatic carbocycles. The fourth-order valence-electron chi connectivity index (χ4n) is 5.07. The van der Waals surface area contributed by atoms with Crippen LogP contribution in [0, 0.1) is 5.92 Å². The number of primary amides is 1. The van der Waals surface area contributed by atoms with Crippen LogP contribution in [0.25, 0.3) is 0 Å². The summed E-state index contributed by atoms with van der Waals surface area (Å²) in [7, 11) is 1.69. The Morgan fingerprint density at radius 3 is 2.42 bits per heavy atom. The molecule has 0 saturated carbocycles. The second-order valence-electron chi connectivity index (χ2n) is 9.63. The number of carbonyl (C=O) groups excluding carboxylic acids is 2. The Kier molecular flexibility index (Phi) is 8.43. The quantitative estimate of drug-likeness (QED) is 0.485. The van der Waals surface area contributed by atoms with E-state index in [2.05, 4.69) is 16.3 Å². The van der Waals surface area contributed by atoms with Crippen molar-refractivity contribution in [3.05, 3.63) is 57.0 Å². The van der Waals surface area contributed by atoms with Crippen LogP contribution in [0.5, 0.6) is 0 Å². The molecule has 1 unspecified atom stereocenters. The third-order valence-corrected chi connectivity index (χ3v) is 8.22. The number of nitrogens with zero attached hydrogens (tertiary/aromatic N) is 3. The van der Waals surface area contributed by atoms with Crippen LogP contribution >= 0.6 is 34.8 Å². The zero-order valence-electron chi connectivity index (χ0n) is 20.5. The van der Waals surface area contributed by atoms with Gasteiger partial charge in [-0.15, -0.1) is 0 Å². The monoisotopic (exact) mass is 551 g/mol. The predicted molar refractivity (Wildman–Crippen MR) is 147 cm³/mol. The summed E-state index contributed by atoms with van der Waals surface area (Å²) in [6.45, 7) is 4.83. The number of rotatable bonds is 6. The number of hydrogen-bond acceptors (Lipinski definition) is 4. The third-order valence-electron chi connectivity index (χ3n) is 7.33. The molecular weight excluding hydrogens is 521 g/mol. The molecule has 7 nitrogen and oxygen atoms in total. The molecule has 2 aliphatic rings. The minimum Gasteiger partial charge on any atom is -0.377 e. The van der Waals surface area contributed by atoms with E-state index < -0.39 is 6.03 Å². The van der Waals surface area contributed by atoms with E-state index in [1.807, 2.05) is 36.1 Å². The number of piperidine rings is 1. The number of nitrogens with two attached hydrogens (primary N) is 1. The molecule has 2 atom stereocenters. The van der Waals surface area contributed by atoms with Crippen molar-refractivity contribution in [1.82, 2.24) is 9.80 Å². The van der Waals surface area contributed by atoms with Gasteiger partial charge in [0.2, 0.25) is 5.91 Å². The average Bonchev–Trinajstić information content (AvgIpc) is 3.34. The van der Waals surface area contributed by atoms with E-state index in [-0.39, 0.29) is 23.9 Å². The number of nitrogens with one attached hydrogen (secondary N) is 1. The molecule has 0 radical (unpaired) electrons. The second-order valence-corrected chi connectivity index (χ2v) is 10.9. The van der Waals surface area contributed by atoms with Crippen LogP contribution < -0.4 is 16.0 Å². The molecular formula is C26H32Cl3N5O2. The molecule has 0 spiro atoms. The maximum absolute atomic E-state index is 13.1. The number of amides is 3. The summed E-state index contributed by atoms with van der Waals surface area (Å²) < 4.78 is 0. The van der Waals surface area contributed by atoms with Crippen molar-refractivity contribution in [3.8, 4) is 0 Å². The highest BCUT2D eigenvalue weighted by Crippen LogP contribution is 2.34. The largest absolute Gasteiger partial charge is 0.377 e. The maximum Gasteiger partial charge on any atom is 0.314 e. The summed E-state index contributed by atoms with van der Waals surface area (Å²) in [5, 5.41) is 5.30. The lowest BCUT2D eigenvalue weighted by molar-refractivity contribution is -0.135. The van der Waals surface area contributed by atoms with Crippen molar-refractivity contribution in [2.45, 2.75) is 38.3 Å². The summed E-state index contributed by atoms with van der Waals surface area (Å²) in [5.41, 5.74) is 8.22. The molecule has 0 bridgehead atoms. The minimum absolute atomic E-state index is 0.00308. The van der Waals surface area contributed by atoms with E-state index in [1.54, 1.807) is 13.1 Å². The van der Waals surface area contributed by atoms with E-state index in [1.165, 1.54) is 4.90 Å². The number of likely N-dealkylation sites (tertiary alicyclic amines) is 1. The number of hydrogen-bond donors (Lipinski definition) is 2. The summed E-state index contributed by atoms with van der Waals surface area (Å²) in [5.74, 6) is 0.179. The topological polar surface area (TPSA) is 81.9 Å². The zero-order chi connectivity index (χ0) is 26.0. The van der Waals surface area contributed by atoms with Crippen LogP contribution in [0.4, 0.5) is 16.2 Å². The van der Waals surface area contributed by atoms with Crippen molar-refractivity contribution in [2.75, 3.05) is 43.4 Å². The van der Waals surface area contributed by atoms with Crippen LogP contribution in [0.15, 0.2) is 36.4 Å². The summed E-state index contributed by atoms with van der Waals surface area (Å²) in [6, 6.07) is 10.9. The first-order valence-corrected chi connectivity index (χ1v) is 13.3. The van der Waals surface area contributed by atoms with Gasteiger partial charge in [-0.05, 0) is 62.1 Å². The molecule has 2 aliphatic heterocycles. The van der Waals surface area contributed by atoms with Crippen molar-refractivity contribution in [3.63, 3.8) is 0 Å². The highest BCUT2D eigenvalue weighted by atomic mass is 35.5. The van der Waals surface area contributed by atoms with E-state index in [9.17, 15) is 9.59 Å². The lowest BCUT2D eigenvalue weighted by Crippen LogP contribution is -2.45. The Labute approximate surface area is 227 Å². The normalized spacial score (nSPS) is 19.3. The van der Waals surface area contributed by atoms with Crippen LogP contribution in [-0.2, 0) is 4.79 Å². The van der Waals surface area contributed by atoms with Crippen LogP contribution in [0.1, 0.15) is 37.8 Å². The average molecular weight is 553 g/mol. The Morgan fingerprint density at radius 1 is 1.03 bits per heavy atom. The Morgan fingerprint density at radius 2 is 1.75 bits per heavy atom. The Bertz CT molecular complexity index is 1120. The van der Waals surface area contributed by atoms with Crippen molar-refractivity contribution in [1.29, 1.82) is 0 Å². The standard InChI is InChI=1S/C26H32Cl3N5O2/c1-16(21-5-3-18(27)13-23(21)29)31-24-14-19(4-6-22(24)28)33-10-7-17(8-11-33)25(35)34-12-9-20(15-34)32(2)26(30)36/h3-6,13-14,16-17,20,31H,7-12,15H2,1-2H3,(H2,30,36)/t16-,20?/m1/s1. The molecule has 36 heavy (non-hydrogen) atoms. The van der Waals surface area contributed by atoms with E-state index in [4.69, 9.17) is 40.5 Å². The van der Waals surface area contributed by atoms with Gasteiger partial charge < -0.3 is 25.8 Å². The van der Waals surface area contributed by atoms with Gasteiger partial charge in [0.25, 0.3) is 0 Å². The van der Waals surface area contributed by atoms with Gasteiger partial charge >= 0.3 is 6.03 Å². The molecule has 194 valence electrons. The number of carbonyl (C=O) groups is 2. The minimum atomic E-state index is -0.454. The summed E-state index contributed by atoms with van der Waals surface area (Å²) in [6.07, 6.45) is 2.34. The van der Waals surface area contributed by atoms with Crippen molar-refractivity contribution >= 4 is 58.1 Å². The molecule has 2 heterocycles. The van der Waals surface area contributed by atoms with Gasteiger partial charge in [-0.25, -0.2) is 4.79 Å². The SMILES string of the molecule is C[C@@H](Nc1cc(N2CCC(C(=O)N3CCC(N(C)C(N)=O)C3)CC2)ccc1Cl)c1ccc(Cl)cc1Cl. The van der Waals surface area contributed by atoms with E-state index in [0.29, 0.717) is 28.2 Å². The fourth-order valence-corrected chi connectivity index (χ4v) is 5.81. The van der Waals surface area contributed by atoms with Crippen molar-refractivity contribution < 1.29 is 9.59 Å². The lowest BCUT2D eigenvalue weighted by Gasteiger charge is -2.35. The van der Waals surface area contributed by atoms with Gasteiger partial charge in [0, 0.05) is 54.9 Å². The summed E-state index contributed by atoms with van der Waals surface area (Å²) >= 11 is 18.9. The molecule has 3 N–H and O–H groups in total. The predicted octanol–water partition coefficient (Wildman–Crippen LogP) is 5.65. The third kappa shape index (κ3) is 5.96. The molecule has 2 fully saturated rings. The molecule has 0 aromatic heterocycles. The smallest absolute Gasteiger partial charge is 0.314 e. The van der Waals surface area contributed by atoms with E-state index >= 15 is 0 Å². The van der Waals surface area contributed by atoms with E-state index in [0.717, 1.165) is 49.3 Å². The fraction of sp³-hybridized carbons (Fsp3) is 0.462. The first kappa shape index (κ1) is 26.7. The summed E-state index contributed by atoms with van der Waals surface area (Å²) in [4.78, 5) is 30.3. The van der Waals surface area contributed by atoms with Gasteiger partial charge in [0.05, 0.1) is 22.8 Å². The number of halogens is 3. The molecule has 2 saturated heterocycles. The Balaban J connectivity index is 1.36. The maximum atomic E-state index is 13.1. The second kappa shape index (κ2) is 11.4. The van der Waals surface area contributed by atoms with Gasteiger partial charge in [-0.1, -0.05) is 40.9 Å². The molecule has 2 aromatic rings. The highest BCUT2D eigenvalue weighted by Gasteiger charge is 2.35. The van der Waals surface area contributed by atoms with Gasteiger partial charge in [0.1, 0.15) is 0 Å². The molecule has 4 rings (SSSR count). The number of likely N-dealkylation sites (N-methyl/N-ethyl adjacent to an activating group) is 1. The molecule has 0 aliphatic carbocycles.